The van der Waals surface area contributed by atoms with Crippen LogP contribution in [0.25, 0.3) is 0 Å². The first-order chi connectivity index (χ1) is 10.5. The second-order valence-corrected chi connectivity index (χ2v) is 8.91. The number of hydrogen-bond acceptors (Lipinski definition) is 3. The SMILES string of the molecule is Cc1ccc(Cl)cc1S(=O)(=O)N(CCc1cccs1)C1CC1. The largest absolute Gasteiger partial charge is 0.243 e. The van der Waals surface area contributed by atoms with Crippen LogP contribution in [0.3, 0.4) is 0 Å². The molecule has 1 fully saturated rings. The van der Waals surface area contributed by atoms with Gasteiger partial charge in [0.05, 0.1) is 4.90 Å². The standard InChI is InChI=1S/C16H18ClNO2S2/c1-12-4-5-13(17)11-16(12)22(19,20)18(14-6-7-14)9-8-15-3-2-10-21-15/h2-5,10-11,14H,6-9H2,1H3. The molecule has 6 heteroatoms. The summed E-state index contributed by atoms with van der Waals surface area (Å²) in [5.74, 6) is 0. The lowest BCUT2D eigenvalue weighted by atomic mass is 10.2. The zero-order valence-electron chi connectivity index (χ0n) is 12.3. The van der Waals surface area contributed by atoms with Crippen molar-refractivity contribution in [3.8, 4) is 0 Å². The molecule has 2 aromatic rings. The van der Waals surface area contributed by atoms with Crippen LogP contribution in [0.2, 0.25) is 5.02 Å². The molecule has 0 unspecified atom stereocenters. The van der Waals surface area contributed by atoms with Gasteiger partial charge in [-0.15, -0.1) is 11.3 Å². The maximum Gasteiger partial charge on any atom is 0.243 e. The van der Waals surface area contributed by atoms with Crippen molar-refractivity contribution in [2.75, 3.05) is 6.54 Å². The van der Waals surface area contributed by atoms with Crippen LogP contribution < -0.4 is 0 Å². The van der Waals surface area contributed by atoms with Crippen molar-refractivity contribution in [3.63, 3.8) is 0 Å². The predicted molar refractivity (Wildman–Crippen MR) is 91.1 cm³/mol. The highest BCUT2D eigenvalue weighted by Gasteiger charge is 2.38. The molecular formula is C16H18ClNO2S2. The number of thiophene rings is 1. The fourth-order valence-corrected chi connectivity index (χ4v) is 5.39. The van der Waals surface area contributed by atoms with Gasteiger partial charge >= 0.3 is 0 Å². The van der Waals surface area contributed by atoms with E-state index in [-0.39, 0.29) is 6.04 Å². The summed E-state index contributed by atoms with van der Waals surface area (Å²) in [4.78, 5) is 1.54. The monoisotopic (exact) mass is 355 g/mol. The maximum absolute atomic E-state index is 13.0. The highest BCUT2D eigenvalue weighted by atomic mass is 35.5. The van der Waals surface area contributed by atoms with E-state index in [0.29, 0.717) is 16.5 Å². The second-order valence-electron chi connectivity index (χ2n) is 5.59. The molecule has 1 heterocycles. The summed E-state index contributed by atoms with van der Waals surface area (Å²) < 4.78 is 27.7. The zero-order valence-corrected chi connectivity index (χ0v) is 14.7. The number of hydrogen-bond donors (Lipinski definition) is 0. The Hall–Kier alpha value is -0.880. The molecule has 1 aliphatic carbocycles. The Morgan fingerprint density at radius 2 is 2.09 bits per heavy atom. The van der Waals surface area contributed by atoms with Gasteiger partial charge in [0.25, 0.3) is 0 Å². The molecule has 0 aliphatic heterocycles. The number of sulfonamides is 1. The van der Waals surface area contributed by atoms with Crippen LogP contribution >= 0.6 is 22.9 Å². The molecule has 1 aromatic heterocycles. The molecule has 0 radical (unpaired) electrons. The molecule has 0 atom stereocenters. The summed E-state index contributed by atoms with van der Waals surface area (Å²) in [6.07, 6.45) is 2.65. The Balaban J connectivity index is 1.88. The molecule has 0 N–H and O–H groups in total. The first-order valence-corrected chi connectivity index (χ1v) is 9.98. The van der Waals surface area contributed by atoms with Gasteiger partial charge in [0, 0.05) is 22.5 Å². The molecular weight excluding hydrogens is 338 g/mol. The Bertz CT molecular complexity index is 752. The minimum atomic E-state index is -3.49. The van der Waals surface area contributed by atoms with E-state index in [1.807, 2.05) is 24.4 Å². The van der Waals surface area contributed by atoms with Crippen LogP contribution in [0.4, 0.5) is 0 Å². The van der Waals surface area contributed by atoms with Gasteiger partial charge in [0.15, 0.2) is 0 Å². The van der Waals surface area contributed by atoms with Crippen LogP contribution in [0.1, 0.15) is 23.3 Å². The molecule has 1 aromatic carbocycles. The van der Waals surface area contributed by atoms with E-state index in [4.69, 9.17) is 11.6 Å². The van der Waals surface area contributed by atoms with Crippen LogP contribution in [0.5, 0.6) is 0 Å². The summed E-state index contributed by atoms with van der Waals surface area (Å²) in [5, 5.41) is 2.48. The normalized spacial score (nSPS) is 15.4. The number of rotatable bonds is 6. The van der Waals surface area contributed by atoms with E-state index in [1.165, 1.54) is 4.88 Å². The van der Waals surface area contributed by atoms with Gasteiger partial charge in [-0.1, -0.05) is 23.7 Å². The van der Waals surface area contributed by atoms with Gasteiger partial charge in [-0.2, -0.15) is 4.31 Å². The lowest BCUT2D eigenvalue weighted by Gasteiger charge is -2.22. The van der Waals surface area contributed by atoms with Crippen LogP contribution in [-0.4, -0.2) is 25.3 Å². The summed E-state index contributed by atoms with van der Waals surface area (Å²) in [6, 6.07) is 9.24. The van der Waals surface area contributed by atoms with Crippen molar-refractivity contribution >= 4 is 33.0 Å². The molecule has 0 saturated heterocycles. The first kappa shape index (κ1) is 16.0. The maximum atomic E-state index is 13.0. The summed E-state index contributed by atoms with van der Waals surface area (Å²) in [7, 11) is -3.49. The molecule has 0 spiro atoms. The lowest BCUT2D eigenvalue weighted by molar-refractivity contribution is 0.407. The van der Waals surface area contributed by atoms with Gasteiger partial charge in [0.2, 0.25) is 10.0 Å². The highest BCUT2D eigenvalue weighted by Crippen LogP contribution is 2.34. The van der Waals surface area contributed by atoms with Crippen molar-refractivity contribution in [1.82, 2.24) is 4.31 Å². The Labute approximate surface area is 140 Å². The third-order valence-corrected chi connectivity index (χ3v) is 7.11. The predicted octanol–water partition coefficient (Wildman–Crippen LogP) is 4.11. The van der Waals surface area contributed by atoms with E-state index < -0.39 is 10.0 Å². The molecule has 1 saturated carbocycles. The quantitative estimate of drug-likeness (QED) is 0.782. The topological polar surface area (TPSA) is 37.4 Å². The van der Waals surface area contributed by atoms with Crippen LogP contribution in [0, 0.1) is 6.92 Å². The summed E-state index contributed by atoms with van der Waals surface area (Å²) in [5.41, 5.74) is 0.742. The van der Waals surface area contributed by atoms with E-state index in [1.54, 1.807) is 33.8 Å². The second kappa shape index (κ2) is 6.32. The molecule has 0 bridgehead atoms. The molecule has 3 rings (SSSR count). The summed E-state index contributed by atoms with van der Waals surface area (Å²) in [6.45, 7) is 2.34. The minimum absolute atomic E-state index is 0.142. The van der Waals surface area contributed by atoms with E-state index in [9.17, 15) is 8.42 Å². The molecule has 118 valence electrons. The highest BCUT2D eigenvalue weighted by molar-refractivity contribution is 7.89. The van der Waals surface area contributed by atoms with E-state index in [2.05, 4.69) is 0 Å². The van der Waals surface area contributed by atoms with Crippen molar-refractivity contribution in [2.45, 2.75) is 37.1 Å². The first-order valence-electron chi connectivity index (χ1n) is 7.29. The van der Waals surface area contributed by atoms with E-state index in [0.717, 1.165) is 24.8 Å². The fraction of sp³-hybridized carbons (Fsp3) is 0.375. The average Bonchev–Trinajstić information content (AvgIpc) is 3.16. The summed E-state index contributed by atoms with van der Waals surface area (Å²) >= 11 is 7.67. The smallest absolute Gasteiger partial charge is 0.207 e. The van der Waals surface area contributed by atoms with Gasteiger partial charge in [-0.05, 0) is 55.3 Å². The van der Waals surface area contributed by atoms with Gasteiger partial charge in [-0.25, -0.2) is 8.42 Å². The Morgan fingerprint density at radius 1 is 1.32 bits per heavy atom. The third kappa shape index (κ3) is 3.38. The fourth-order valence-electron chi connectivity index (χ4n) is 2.51. The van der Waals surface area contributed by atoms with Gasteiger partial charge in [-0.3, -0.25) is 0 Å². The third-order valence-electron chi connectivity index (χ3n) is 3.85. The van der Waals surface area contributed by atoms with E-state index >= 15 is 0 Å². The van der Waals surface area contributed by atoms with Crippen molar-refractivity contribution in [2.24, 2.45) is 0 Å². The molecule has 22 heavy (non-hydrogen) atoms. The van der Waals surface area contributed by atoms with Crippen LogP contribution in [0.15, 0.2) is 40.6 Å². The zero-order chi connectivity index (χ0) is 15.7. The lowest BCUT2D eigenvalue weighted by Crippen LogP contribution is -2.35. The number of nitrogens with zero attached hydrogens (tertiary/aromatic N) is 1. The van der Waals surface area contributed by atoms with Crippen molar-refractivity contribution in [3.05, 3.63) is 51.2 Å². The number of aryl methyl sites for hydroxylation is 1. The number of benzene rings is 1. The molecule has 1 aliphatic rings. The van der Waals surface area contributed by atoms with Crippen molar-refractivity contribution < 1.29 is 8.42 Å². The van der Waals surface area contributed by atoms with Crippen molar-refractivity contribution in [1.29, 1.82) is 0 Å². The van der Waals surface area contributed by atoms with Gasteiger partial charge in [0.1, 0.15) is 0 Å². The average molecular weight is 356 g/mol. The Morgan fingerprint density at radius 3 is 2.73 bits per heavy atom. The minimum Gasteiger partial charge on any atom is -0.207 e. The number of halogens is 1. The molecule has 0 amide bonds. The van der Waals surface area contributed by atoms with Gasteiger partial charge < -0.3 is 0 Å². The molecule has 3 nitrogen and oxygen atoms in total. The Kier molecular flexibility index (Phi) is 4.59. The van der Waals surface area contributed by atoms with Crippen LogP contribution in [-0.2, 0) is 16.4 Å².